The predicted octanol–water partition coefficient (Wildman–Crippen LogP) is 3.72. The van der Waals surface area contributed by atoms with E-state index in [9.17, 15) is 19.2 Å². The summed E-state index contributed by atoms with van der Waals surface area (Å²) < 4.78 is 8.95. The Kier molecular flexibility index (Phi) is 8.27. The average molecular weight is 623 g/mol. The number of aromatic nitrogens is 3. The molecule has 3 aliphatic rings. The second kappa shape index (κ2) is 12.6. The number of nitrogens with zero attached hydrogens (tertiary/aromatic N) is 6. The molecule has 3 aliphatic heterocycles. The molecule has 11 nitrogen and oxygen atoms in total. The molecule has 2 aromatic heterocycles. The summed E-state index contributed by atoms with van der Waals surface area (Å²) in [6, 6.07) is 18.5. The SMILES string of the molecule is COCCn1c(=O)n(C2CCN(C(=O)C3CCN(Cc4ccnc(N5C(=O)c6ccccc6C5=O)c4)CC3)CC2)c2ccccc21. The van der Waals surface area contributed by atoms with Crippen LogP contribution in [-0.4, -0.2) is 81.5 Å². The highest BCUT2D eigenvalue weighted by Gasteiger charge is 2.37. The van der Waals surface area contributed by atoms with Crippen LogP contribution in [0.2, 0.25) is 0 Å². The van der Waals surface area contributed by atoms with Crippen molar-refractivity contribution >= 4 is 34.6 Å². The number of likely N-dealkylation sites (tertiary alicyclic amines) is 2. The number of imide groups is 1. The van der Waals surface area contributed by atoms with Crippen molar-refractivity contribution in [3.63, 3.8) is 0 Å². The lowest BCUT2D eigenvalue weighted by atomic mass is 9.93. The van der Waals surface area contributed by atoms with E-state index in [4.69, 9.17) is 4.74 Å². The number of para-hydroxylation sites is 2. The molecule has 2 fully saturated rings. The maximum atomic E-state index is 13.6. The van der Waals surface area contributed by atoms with Gasteiger partial charge in [-0.1, -0.05) is 24.3 Å². The van der Waals surface area contributed by atoms with Crippen molar-refractivity contribution in [2.75, 3.05) is 44.8 Å². The number of benzene rings is 2. The van der Waals surface area contributed by atoms with Crippen LogP contribution in [0.1, 0.15) is 58.0 Å². The third kappa shape index (κ3) is 5.43. The normalized spacial score (nSPS) is 18.1. The Morgan fingerprint density at radius 3 is 2.17 bits per heavy atom. The van der Waals surface area contributed by atoms with Gasteiger partial charge in [0.05, 0.1) is 35.3 Å². The van der Waals surface area contributed by atoms with E-state index in [0.717, 1.165) is 60.3 Å². The third-order valence-electron chi connectivity index (χ3n) is 9.71. The lowest BCUT2D eigenvalue weighted by molar-refractivity contribution is -0.138. The minimum absolute atomic E-state index is 0.0135. The number of methoxy groups -OCH3 is 1. The molecule has 3 amide bonds. The van der Waals surface area contributed by atoms with Gasteiger partial charge < -0.3 is 9.64 Å². The smallest absolute Gasteiger partial charge is 0.329 e. The molecule has 0 bridgehead atoms. The first kappa shape index (κ1) is 30.1. The summed E-state index contributed by atoms with van der Waals surface area (Å²) in [4.78, 5) is 62.6. The number of amides is 3. The summed E-state index contributed by atoms with van der Waals surface area (Å²) in [6.45, 7) is 4.49. The monoisotopic (exact) mass is 622 g/mol. The predicted molar refractivity (Wildman–Crippen MR) is 173 cm³/mol. The standard InChI is InChI=1S/C35H38N6O5/c1-46-21-20-39-29-8-4-5-9-30(29)40(35(39)45)26-13-18-38(19-14-26)32(42)25-11-16-37(17-12-25)23-24-10-15-36-31(22-24)41-33(43)27-6-2-3-7-28(27)34(41)44/h2-10,15,22,25-26H,11-14,16-21,23H2,1H3. The Bertz CT molecular complexity index is 1810. The van der Waals surface area contributed by atoms with E-state index in [-0.39, 0.29) is 35.4 Å². The number of pyridine rings is 1. The van der Waals surface area contributed by atoms with Gasteiger partial charge in [-0.05, 0) is 80.7 Å². The number of fused-ring (bicyclic) bond motifs is 2. The molecule has 0 atom stereocenters. The van der Waals surface area contributed by atoms with Crippen molar-refractivity contribution in [3.05, 3.63) is 94.0 Å². The molecule has 238 valence electrons. The minimum atomic E-state index is -0.352. The molecular formula is C35H38N6O5. The van der Waals surface area contributed by atoms with Gasteiger partial charge in [-0.2, -0.15) is 0 Å². The zero-order valence-corrected chi connectivity index (χ0v) is 26.0. The molecule has 0 unspecified atom stereocenters. The molecule has 2 saturated heterocycles. The Balaban J connectivity index is 0.940. The molecule has 4 aromatic rings. The van der Waals surface area contributed by atoms with Gasteiger partial charge in [0.1, 0.15) is 5.82 Å². The molecule has 0 saturated carbocycles. The number of carbonyl (C=O) groups is 3. The second-order valence-corrected chi connectivity index (χ2v) is 12.4. The van der Waals surface area contributed by atoms with E-state index >= 15 is 0 Å². The number of anilines is 1. The summed E-state index contributed by atoms with van der Waals surface area (Å²) in [5.74, 6) is -0.175. The highest BCUT2D eigenvalue weighted by molar-refractivity contribution is 6.34. The van der Waals surface area contributed by atoms with Crippen LogP contribution in [0.25, 0.3) is 11.0 Å². The van der Waals surface area contributed by atoms with E-state index in [1.54, 1.807) is 42.1 Å². The minimum Gasteiger partial charge on any atom is -0.383 e. The first-order valence-electron chi connectivity index (χ1n) is 16.1. The molecule has 11 heteroatoms. The fraction of sp³-hybridized carbons (Fsp3) is 0.400. The van der Waals surface area contributed by atoms with Gasteiger partial charge in [-0.3, -0.25) is 28.4 Å². The Morgan fingerprint density at radius 1 is 0.848 bits per heavy atom. The van der Waals surface area contributed by atoms with Gasteiger partial charge in [0.15, 0.2) is 0 Å². The van der Waals surface area contributed by atoms with Crippen molar-refractivity contribution in [2.24, 2.45) is 5.92 Å². The largest absolute Gasteiger partial charge is 0.383 e. The second-order valence-electron chi connectivity index (χ2n) is 12.4. The number of hydrogen-bond donors (Lipinski definition) is 0. The van der Waals surface area contributed by atoms with Gasteiger partial charge in [0, 0.05) is 44.9 Å². The number of carbonyl (C=O) groups excluding carboxylic acids is 3. The van der Waals surface area contributed by atoms with Crippen LogP contribution in [0.4, 0.5) is 5.82 Å². The summed E-state index contributed by atoms with van der Waals surface area (Å²) in [6.07, 6.45) is 4.70. The first-order valence-corrected chi connectivity index (χ1v) is 16.1. The van der Waals surface area contributed by atoms with Gasteiger partial charge in [0.2, 0.25) is 5.91 Å². The van der Waals surface area contributed by atoms with Crippen molar-refractivity contribution in [3.8, 4) is 0 Å². The number of ether oxygens (including phenoxy) is 1. The fourth-order valence-electron chi connectivity index (χ4n) is 7.26. The molecule has 46 heavy (non-hydrogen) atoms. The Hall–Kier alpha value is -4.61. The highest BCUT2D eigenvalue weighted by Crippen LogP contribution is 2.30. The maximum absolute atomic E-state index is 13.6. The van der Waals surface area contributed by atoms with Crippen molar-refractivity contribution in [1.29, 1.82) is 0 Å². The molecule has 0 N–H and O–H groups in total. The number of hydrogen-bond acceptors (Lipinski definition) is 7. The van der Waals surface area contributed by atoms with Crippen LogP contribution < -0.4 is 10.6 Å². The molecule has 2 aromatic carbocycles. The van der Waals surface area contributed by atoms with Crippen LogP contribution in [0.15, 0.2) is 71.7 Å². The Morgan fingerprint density at radius 2 is 1.50 bits per heavy atom. The van der Waals surface area contributed by atoms with E-state index in [1.165, 1.54) is 0 Å². The summed E-state index contributed by atoms with van der Waals surface area (Å²) in [5.41, 5.74) is 3.60. The zero-order chi connectivity index (χ0) is 31.8. The van der Waals surface area contributed by atoms with E-state index in [2.05, 4.69) is 9.88 Å². The summed E-state index contributed by atoms with van der Waals surface area (Å²) >= 11 is 0. The molecule has 0 aliphatic carbocycles. The number of imidazole rings is 1. The van der Waals surface area contributed by atoms with E-state index in [0.29, 0.717) is 49.7 Å². The highest BCUT2D eigenvalue weighted by atomic mass is 16.5. The van der Waals surface area contributed by atoms with Gasteiger partial charge in [-0.25, -0.2) is 14.7 Å². The lowest BCUT2D eigenvalue weighted by Crippen LogP contribution is -2.46. The van der Waals surface area contributed by atoms with E-state index in [1.807, 2.05) is 45.9 Å². The quantitative estimate of drug-likeness (QED) is 0.276. The summed E-state index contributed by atoms with van der Waals surface area (Å²) in [5, 5.41) is 0. The molecule has 0 spiro atoms. The van der Waals surface area contributed by atoms with Crippen LogP contribution in [0.5, 0.6) is 0 Å². The van der Waals surface area contributed by atoms with E-state index < -0.39 is 0 Å². The third-order valence-corrected chi connectivity index (χ3v) is 9.71. The summed E-state index contributed by atoms with van der Waals surface area (Å²) in [7, 11) is 1.64. The average Bonchev–Trinajstić information content (AvgIpc) is 3.52. The van der Waals surface area contributed by atoms with Crippen LogP contribution in [0, 0.1) is 5.92 Å². The van der Waals surface area contributed by atoms with Crippen LogP contribution >= 0.6 is 0 Å². The molecule has 5 heterocycles. The fourth-order valence-corrected chi connectivity index (χ4v) is 7.26. The maximum Gasteiger partial charge on any atom is 0.329 e. The first-order chi connectivity index (χ1) is 22.4. The lowest BCUT2D eigenvalue weighted by Gasteiger charge is -2.37. The van der Waals surface area contributed by atoms with Gasteiger partial charge in [0.25, 0.3) is 11.8 Å². The number of piperidine rings is 2. The molecular weight excluding hydrogens is 584 g/mol. The van der Waals surface area contributed by atoms with Crippen LogP contribution in [-0.2, 0) is 22.6 Å². The Labute approximate surface area is 267 Å². The van der Waals surface area contributed by atoms with Gasteiger partial charge in [-0.15, -0.1) is 0 Å². The molecule has 0 radical (unpaired) electrons. The number of rotatable bonds is 8. The molecule has 7 rings (SSSR count). The van der Waals surface area contributed by atoms with Gasteiger partial charge >= 0.3 is 5.69 Å². The topological polar surface area (TPSA) is 110 Å². The zero-order valence-electron chi connectivity index (χ0n) is 26.0. The van der Waals surface area contributed by atoms with Crippen molar-refractivity contribution in [2.45, 2.75) is 44.8 Å². The van der Waals surface area contributed by atoms with Crippen molar-refractivity contribution in [1.82, 2.24) is 23.9 Å². The van der Waals surface area contributed by atoms with Crippen molar-refractivity contribution < 1.29 is 19.1 Å². The van der Waals surface area contributed by atoms with Crippen LogP contribution in [0.3, 0.4) is 0 Å².